The van der Waals surface area contributed by atoms with Gasteiger partial charge in [0.15, 0.2) is 12.2 Å². The number of methoxy groups -OCH3 is 1. The monoisotopic (exact) mass is 943 g/mol. The zero-order chi connectivity index (χ0) is 32.9. The van der Waals surface area contributed by atoms with Crippen molar-refractivity contribution in [2.75, 3.05) is 45.3 Å². The molecule has 0 aliphatic carbocycles. The molecule has 2 atom stereocenters. The van der Waals surface area contributed by atoms with Crippen LogP contribution in [0.1, 0.15) is 43.6 Å². The molecule has 0 radical (unpaired) electrons. The van der Waals surface area contributed by atoms with Crippen LogP contribution >= 0.6 is 67.8 Å². The molecule has 0 saturated heterocycles. The molecule has 0 aliphatic heterocycles. The second kappa shape index (κ2) is 19.2. The van der Waals surface area contributed by atoms with Crippen LogP contribution in [-0.2, 0) is 47.7 Å². The number of rotatable bonds is 16. The first kappa shape index (κ1) is 38.8. The molecule has 0 fully saturated rings. The van der Waals surface area contributed by atoms with E-state index in [1.165, 1.54) is 34.8 Å². The quantitative estimate of drug-likeness (QED) is 0.125. The van der Waals surface area contributed by atoms with Crippen molar-refractivity contribution in [3.63, 3.8) is 0 Å². The van der Waals surface area contributed by atoms with E-state index in [0.29, 0.717) is 27.7 Å². The highest BCUT2D eigenvalue weighted by Crippen LogP contribution is 2.38. The maximum absolute atomic E-state index is 13.5. The van der Waals surface area contributed by atoms with Gasteiger partial charge in [-0.25, -0.2) is 0 Å². The molecule has 0 bridgehead atoms. The zero-order valence-corrected chi connectivity index (χ0v) is 30.5. The SMILES string of the molecule is C=C(NCC(COC(C)=O)OC(C)=O)c1c(I)c(NC(=O)COC)c(I)c(C(=O)NCC(COC(C)=O)OC(C)=O)c1I. The summed E-state index contributed by atoms with van der Waals surface area (Å²) >= 11 is 5.93. The summed E-state index contributed by atoms with van der Waals surface area (Å²) in [7, 11) is 1.37. The Bertz CT molecular complexity index is 1180. The van der Waals surface area contributed by atoms with E-state index in [2.05, 4.69) is 22.5 Å². The highest BCUT2D eigenvalue weighted by Gasteiger charge is 2.28. The van der Waals surface area contributed by atoms with Crippen LogP contribution in [0.3, 0.4) is 0 Å². The highest BCUT2D eigenvalue weighted by molar-refractivity contribution is 14.1. The third kappa shape index (κ3) is 13.5. The first-order valence-electron chi connectivity index (χ1n) is 12.4. The largest absolute Gasteiger partial charge is 0.462 e. The Balaban J connectivity index is 3.47. The summed E-state index contributed by atoms with van der Waals surface area (Å²) in [6.45, 7) is 8.05. The van der Waals surface area contributed by atoms with E-state index < -0.39 is 47.9 Å². The average Bonchev–Trinajstić information content (AvgIpc) is 2.89. The molecule has 0 heterocycles. The normalized spacial score (nSPS) is 11.8. The van der Waals surface area contributed by atoms with E-state index in [0.717, 1.165) is 0 Å². The Kier molecular flexibility index (Phi) is 17.3. The van der Waals surface area contributed by atoms with Gasteiger partial charge in [-0.3, -0.25) is 28.8 Å². The predicted molar refractivity (Wildman–Crippen MR) is 179 cm³/mol. The lowest BCUT2D eigenvalue weighted by Gasteiger charge is -2.23. The average molecular weight is 943 g/mol. The van der Waals surface area contributed by atoms with Crippen LogP contribution in [0.25, 0.3) is 5.70 Å². The lowest BCUT2D eigenvalue weighted by Crippen LogP contribution is -2.38. The third-order valence-electron chi connectivity index (χ3n) is 5.03. The van der Waals surface area contributed by atoms with Crippen LogP contribution in [0.5, 0.6) is 0 Å². The van der Waals surface area contributed by atoms with E-state index in [-0.39, 0.29) is 38.5 Å². The van der Waals surface area contributed by atoms with Crippen molar-refractivity contribution >= 4 is 115 Å². The van der Waals surface area contributed by atoms with E-state index in [9.17, 15) is 28.8 Å². The smallest absolute Gasteiger partial charge is 0.303 e. The first-order chi connectivity index (χ1) is 20.1. The third-order valence-corrected chi connectivity index (χ3v) is 8.27. The van der Waals surface area contributed by atoms with E-state index in [1.807, 2.05) is 67.8 Å². The maximum Gasteiger partial charge on any atom is 0.303 e. The summed E-state index contributed by atoms with van der Waals surface area (Å²) in [4.78, 5) is 71.6. The van der Waals surface area contributed by atoms with Gasteiger partial charge in [0.2, 0.25) is 5.91 Å². The Morgan fingerprint density at radius 2 is 1.19 bits per heavy atom. The number of benzene rings is 1. The second-order valence-electron chi connectivity index (χ2n) is 8.69. The van der Waals surface area contributed by atoms with Crippen molar-refractivity contribution in [3.8, 4) is 0 Å². The number of ether oxygens (including phenoxy) is 5. The lowest BCUT2D eigenvalue weighted by molar-refractivity contribution is -0.155. The predicted octanol–water partition coefficient (Wildman–Crippen LogP) is 2.37. The molecule has 0 saturated carbocycles. The van der Waals surface area contributed by atoms with Gasteiger partial charge in [0.05, 0.1) is 27.9 Å². The molecule has 43 heavy (non-hydrogen) atoms. The molecule has 238 valence electrons. The Hall–Kier alpha value is -2.27. The second-order valence-corrected chi connectivity index (χ2v) is 11.9. The van der Waals surface area contributed by atoms with E-state index in [1.54, 1.807) is 0 Å². The molecule has 14 nitrogen and oxygen atoms in total. The number of esters is 4. The van der Waals surface area contributed by atoms with Crippen molar-refractivity contribution in [3.05, 3.63) is 28.4 Å². The van der Waals surface area contributed by atoms with Crippen molar-refractivity contribution in [1.29, 1.82) is 0 Å². The molecule has 17 heteroatoms. The van der Waals surface area contributed by atoms with Gasteiger partial charge in [-0.2, -0.15) is 0 Å². The van der Waals surface area contributed by atoms with E-state index in [4.69, 9.17) is 23.7 Å². The minimum Gasteiger partial charge on any atom is -0.462 e. The van der Waals surface area contributed by atoms with Crippen LogP contribution in [0.15, 0.2) is 6.58 Å². The molecule has 1 rings (SSSR count). The fraction of sp³-hybridized carbons (Fsp3) is 0.462. The first-order valence-corrected chi connectivity index (χ1v) is 15.6. The number of carbonyl (C=O) groups excluding carboxylic acids is 6. The zero-order valence-electron chi connectivity index (χ0n) is 24.0. The summed E-state index contributed by atoms with van der Waals surface area (Å²) < 4.78 is 26.6. The topological polar surface area (TPSA) is 185 Å². The summed E-state index contributed by atoms with van der Waals surface area (Å²) in [5.41, 5.74) is 1.27. The van der Waals surface area contributed by atoms with Crippen LogP contribution in [0.4, 0.5) is 5.69 Å². The fourth-order valence-electron chi connectivity index (χ4n) is 3.32. The minimum atomic E-state index is -0.947. The molecule has 0 aromatic heterocycles. The Labute approximate surface area is 289 Å². The maximum atomic E-state index is 13.5. The summed E-state index contributed by atoms with van der Waals surface area (Å²) in [5, 5.41) is 8.50. The molecule has 0 aliphatic rings. The van der Waals surface area contributed by atoms with Crippen LogP contribution in [-0.4, -0.2) is 87.9 Å². The number of hydrogen-bond donors (Lipinski definition) is 3. The fourth-order valence-corrected chi connectivity index (χ4v) is 7.90. The molecule has 0 spiro atoms. The molecule has 1 aromatic carbocycles. The van der Waals surface area contributed by atoms with Crippen molar-refractivity contribution < 1.29 is 52.5 Å². The van der Waals surface area contributed by atoms with Gasteiger partial charge >= 0.3 is 23.9 Å². The van der Waals surface area contributed by atoms with Gasteiger partial charge in [-0.05, 0) is 67.8 Å². The number of hydrogen-bond acceptors (Lipinski definition) is 12. The van der Waals surface area contributed by atoms with Gasteiger partial charge in [0.25, 0.3) is 5.91 Å². The summed E-state index contributed by atoms with van der Waals surface area (Å²) in [5.74, 6) is -3.38. The number of anilines is 1. The van der Waals surface area contributed by atoms with Crippen LogP contribution in [0.2, 0.25) is 0 Å². The van der Waals surface area contributed by atoms with E-state index >= 15 is 0 Å². The van der Waals surface area contributed by atoms with Gasteiger partial charge < -0.3 is 39.6 Å². The van der Waals surface area contributed by atoms with Gasteiger partial charge in [-0.1, -0.05) is 6.58 Å². The molecule has 1 aromatic rings. The van der Waals surface area contributed by atoms with Crippen LogP contribution in [0, 0.1) is 10.7 Å². The van der Waals surface area contributed by atoms with Gasteiger partial charge in [0, 0.05) is 53.2 Å². The Morgan fingerprint density at radius 3 is 1.63 bits per heavy atom. The standard InChI is InChI=1S/C26H32I3N3O11/c1-12(30-7-17(42-15(4)35)9-40-13(2)33)20-22(27)21(24(29)25(23(20)28)32-19(37)11-39-6)26(38)31-8-18(43-16(5)36)10-41-14(3)34/h17-18,30H,1,7-11H2,2-6H3,(H,31,38)(H,32,37). The minimum absolute atomic E-state index is 0.0109. The van der Waals surface area contributed by atoms with Crippen molar-refractivity contribution in [2.24, 2.45) is 0 Å². The Morgan fingerprint density at radius 1 is 0.721 bits per heavy atom. The highest BCUT2D eigenvalue weighted by atomic mass is 127. The van der Waals surface area contributed by atoms with Gasteiger partial charge in [-0.15, -0.1) is 0 Å². The molecular formula is C26H32I3N3O11. The number of halogens is 3. The van der Waals surface area contributed by atoms with Crippen molar-refractivity contribution in [2.45, 2.75) is 39.9 Å². The summed E-state index contributed by atoms with van der Waals surface area (Å²) in [6.07, 6.45) is -1.78. The van der Waals surface area contributed by atoms with Gasteiger partial charge in [0.1, 0.15) is 19.8 Å². The number of amides is 2. The summed E-state index contributed by atoms with van der Waals surface area (Å²) in [6, 6.07) is 0. The lowest BCUT2D eigenvalue weighted by atomic mass is 10.1. The molecular weight excluding hydrogens is 911 g/mol. The molecule has 2 unspecified atom stereocenters. The molecule has 3 N–H and O–H groups in total. The van der Waals surface area contributed by atoms with Crippen LogP contribution < -0.4 is 16.0 Å². The molecule has 2 amide bonds. The number of nitrogens with one attached hydrogen (secondary N) is 3. The number of carbonyl (C=O) groups is 6. The van der Waals surface area contributed by atoms with Crippen molar-refractivity contribution in [1.82, 2.24) is 10.6 Å².